The monoisotopic (exact) mass is 295 g/mol. The summed E-state index contributed by atoms with van der Waals surface area (Å²) in [4.78, 5) is 12.5. The van der Waals surface area contributed by atoms with Crippen molar-refractivity contribution in [3.05, 3.63) is 57.4 Å². The first-order valence-corrected chi connectivity index (χ1v) is 7.45. The van der Waals surface area contributed by atoms with Gasteiger partial charge in [0.25, 0.3) is 5.56 Å². The summed E-state index contributed by atoms with van der Waals surface area (Å²) in [6.07, 6.45) is 0.773. The highest BCUT2D eigenvalue weighted by atomic mass is 16.1. The molecule has 0 saturated heterocycles. The van der Waals surface area contributed by atoms with Crippen LogP contribution in [-0.2, 0) is 6.54 Å². The zero-order valence-corrected chi connectivity index (χ0v) is 13.3. The molecular weight excluding hydrogens is 274 g/mol. The van der Waals surface area contributed by atoms with Gasteiger partial charge >= 0.3 is 0 Å². The van der Waals surface area contributed by atoms with Crippen LogP contribution in [0.2, 0.25) is 0 Å². The summed E-state index contributed by atoms with van der Waals surface area (Å²) in [5.74, 6) is 0. The Morgan fingerprint density at radius 1 is 1.23 bits per heavy atom. The average molecular weight is 295 g/mol. The summed E-state index contributed by atoms with van der Waals surface area (Å²) in [5, 5.41) is 9.08. The molecule has 4 nitrogen and oxygen atoms in total. The molecule has 1 heterocycles. The molecule has 1 unspecified atom stereocenters. The highest BCUT2D eigenvalue weighted by Crippen LogP contribution is 2.22. The lowest BCUT2D eigenvalue weighted by molar-refractivity contribution is 0.530. The van der Waals surface area contributed by atoms with Gasteiger partial charge in [-0.3, -0.25) is 4.79 Å². The van der Waals surface area contributed by atoms with Crippen LogP contribution < -0.4 is 11.3 Å². The third kappa shape index (κ3) is 3.10. The SMILES string of the molecule is CCC(N)Cn1c(-c2ccc(C)c(C)c2)ccc(C#N)c1=O. The van der Waals surface area contributed by atoms with Crippen molar-refractivity contribution in [2.24, 2.45) is 5.73 Å². The fourth-order valence-electron chi connectivity index (χ4n) is 2.36. The maximum Gasteiger partial charge on any atom is 0.268 e. The molecule has 22 heavy (non-hydrogen) atoms. The number of pyridine rings is 1. The van der Waals surface area contributed by atoms with Crippen molar-refractivity contribution in [1.82, 2.24) is 4.57 Å². The Labute approximate surface area is 130 Å². The number of benzene rings is 1. The van der Waals surface area contributed by atoms with Gasteiger partial charge in [0.1, 0.15) is 11.6 Å². The van der Waals surface area contributed by atoms with Gasteiger partial charge in [0.05, 0.1) is 5.69 Å². The summed E-state index contributed by atoms with van der Waals surface area (Å²) in [6.45, 7) is 6.49. The Hall–Kier alpha value is -2.38. The second-order valence-corrected chi connectivity index (χ2v) is 5.63. The van der Waals surface area contributed by atoms with Crippen LogP contribution in [0.4, 0.5) is 0 Å². The fraction of sp³-hybridized carbons (Fsp3) is 0.333. The van der Waals surface area contributed by atoms with Crippen LogP contribution in [0, 0.1) is 25.2 Å². The molecule has 0 fully saturated rings. The van der Waals surface area contributed by atoms with Crippen LogP contribution in [0.25, 0.3) is 11.3 Å². The number of rotatable bonds is 4. The van der Waals surface area contributed by atoms with Crippen molar-refractivity contribution in [2.75, 3.05) is 0 Å². The van der Waals surface area contributed by atoms with E-state index < -0.39 is 0 Å². The van der Waals surface area contributed by atoms with Crippen molar-refractivity contribution >= 4 is 0 Å². The predicted octanol–water partition coefficient (Wildman–Crippen LogP) is 2.74. The lowest BCUT2D eigenvalue weighted by Crippen LogP contribution is -2.33. The Balaban J connectivity index is 2.64. The topological polar surface area (TPSA) is 71.8 Å². The smallest absolute Gasteiger partial charge is 0.268 e. The zero-order valence-electron chi connectivity index (χ0n) is 13.3. The molecule has 2 N–H and O–H groups in total. The third-order valence-corrected chi connectivity index (χ3v) is 4.04. The molecule has 0 aliphatic heterocycles. The first kappa shape index (κ1) is 16.0. The van der Waals surface area contributed by atoms with Crippen molar-refractivity contribution in [1.29, 1.82) is 5.26 Å². The molecule has 114 valence electrons. The molecule has 0 radical (unpaired) electrons. The second-order valence-electron chi connectivity index (χ2n) is 5.63. The van der Waals surface area contributed by atoms with Crippen molar-refractivity contribution in [3.63, 3.8) is 0 Å². The number of nitrogens with two attached hydrogens (primary N) is 1. The van der Waals surface area contributed by atoms with Gasteiger partial charge in [-0.1, -0.05) is 19.1 Å². The first-order chi connectivity index (χ1) is 10.5. The molecule has 0 amide bonds. The molecule has 1 aromatic heterocycles. The largest absolute Gasteiger partial charge is 0.326 e. The quantitative estimate of drug-likeness (QED) is 0.942. The van der Waals surface area contributed by atoms with E-state index >= 15 is 0 Å². The molecule has 1 atom stereocenters. The summed E-state index contributed by atoms with van der Waals surface area (Å²) in [5.41, 5.74) is 10.0. The number of aryl methyl sites for hydroxylation is 2. The van der Waals surface area contributed by atoms with Gasteiger partial charge in [0.15, 0.2) is 0 Å². The average Bonchev–Trinajstić information content (AvgIpc) is 2.51. The predicted molar refractivity (Wildman–Crippen MR) is 88.6 cm³/mol. The van der Waals surface area contributed by atoms with Crippen LogP contribution in [0.5, 0.6) is 0 Å². The second kappa shape index (κ2) is 6.59. The zero-order chi connectivity index (χ0) is 16.3. The molecular formula is C18H21N3O. The maximum absolute atomic E-state index is 12.5. The first-order valence-electron chi connectivity index (χ1n) is 7.45. The molecule has 1 aromatic carbocycles. The maximum atomic E-state index is 12.5. The van der Waals surface area contributed by atoms with Crippen LogP contribution in [0.1, 0.15) is 30.0 Å². The molecule has 0 spiro atoms. The van der Waals surface area contributed by atoms with E-state index in [4.69, 9.17) is 11.0 Å². The van der Waals surface area contributed by atoms with E-state index in [1.807, 2.05) is 38.1 Å². The normalized spacial score (nSPS) is 12.0. The molecule has 2 rings (SSSR count). The van der Waals surface area contributed by atoms with E-state index in [0.29, 0.717) is 6.54 Å². The Morgan fingerprint density at radius 2 is 1.95 bits per heavy atom. The molecule has 0 saturated carbocycles. The minimum Gasteiger partial charge on any atom is -0.326 e. The third-order valence-electron chi connectivity index (χ3n) is 4.04. The highest BCUT2D eigenvalue weighted by Gasteiger charge is 2.13. The number of aromatic nitrogens is 1. The summed E-state index contributed by atoms with van der Waals surface area (Å²) >= 11 is 0. The van der Waals surface area contributed by atoms with E-state index in [1.165, 1.54) is 11.1 Å². The number of nitrogens with zero attached hydrogens (tertiary/aromatic N) is 2. The van der Waals surface area contributed by atoms with E-state index in [9.17, 15) is 4.79 Å². The highest BCUT2D eigenvalue weighted by molar-refractivity contribution is 5.62. The van der Waals surface area contributed by atoms with Crippen LogP contribution in [0.15, 0.2) is 35.1 Å². The number of hydrogen-bond donors (Lipinski definition) is 1. The molecule has 2 aromatic rings. The van der Waals surface area contributed by atoms with Crippen LogP contribution in [-0.4, -0.2) is 10.6 Å². The van der Waals surface area contributed by atoms with Gasteiger partial charge in [0, 0.05) is 12.6 Å². The Bertz CT molecular complexity index is 784. The van der Waals surface area contributed by atoms with Gasteiger partial charge in [-0.2, -0.15) is 5.26 Å². The van der Waals surface area contributed by atoms with Gasteiger partial charge in [-0.25, -0.2) is 0 Å². The fourth-order valence-corrected chi connectivity index (χ4v) is 2.36. The van der Waals surface area contributed by atoms with Crippen molar-refractivity contribution in [2.45, 2.75) is 39.8 Å². The van der Waals surface area contributed by atoms with Gasteiger partial charge < -0.3 is 10.3 Å². The van der Waals surface area contributed by atoms with Crippen molar-refractivity contribution in [3.8, 4) is 17.3 Å². The molecule has 0 aliphatic carbocycles. The molecule has 4 heteroatoms. The molecule has 0 aliphatic rings. The van der Waals surface area contributed by atoms with E-state index in [0.717, 1.165) is 17.7 Å². The standard InChI is InChI=1S/C18H21N3O/c1-4-16(20)11-21-17(8-7-15(10-19)18(21)22)14-6-5-12(2)13(3)9-14/h5-9,16H,4,11,20H2,1-3H3. The number of hydrogen-bond acceptors (Lipinski definition) is 3. The van der Waals surface area contributed by atoms with Crippen LogP contribution in [0.3, 0.4) is 0 Å². The van der Waals surface area contributed by atoms with Gasteiger partial charge in [0.2, 0.25) is 0 Å². The minimum absolute atomic E-state index is 0.114. The Morgan fingerprint density at radius 3 is 2.55 bits per heavy atom. The van der Waals surface area contributed by atoms with E-state index in [1.54, 1.807) is 10.6 Å². The summed E-state index contributed by atoms with van der Waals surface area (Å²) in [6, 6.07) is 11.3. The molecule has 0 bridgehead atoms. The number of nitriles is 1. The van der Waals surface area contributed by atoms with E-state index in [2.05, 4.69) is 13.0 Å². The summed E-state index contributed by atoms with van der Waals surface area (Å²) < 4.78 is 1.62. The van der Waals surface area contributed by atoms with Gasteiger partial charge in [-0.05, 0) is 55.2 Å². The van der Waals surface area contributed by atoms with Gasteiger partial charge in [-0.15, -0.1) is 0 Å². The Kier molecular flexibility index (Phi) is 4.79. The van der Waals surface area contributed by atoms with Crippen LogP contribution >= 0.6 is 0 Å². The minimum atomic E-state index is -0.276. The lowest BCUT2D eigenvalue weighted by atomic mass is 10.0. The van der Waals surface area contributed by atoms with E-state index in [-0.39, 0.29) is 17.2 Å². The lowest BCUT2D eigenvalue weighted by Gasteiger charge is -2.17. The summed E-state index contributed by atoms with van der Waals surface area (Å²) in [7, 11) is 0. The van der Waals surface area contributed by atoms with Crippen molar-refractivity contribution < 1.29 is 0 Å².